The van der Waals surface area contributed by atoms with E-state index in [0.29, 0.717) is 17.4 Å². The fraction of sp³-hybridized carbons (Fsp3) is 0.727. The molecule has 3 atom stereocenters. The van der Waals surface area contributed by atoms with Crippen molar-refractivity contribution in [3.8, 4) is 0 Å². The highest BCUT2D eigenvalue weighted by molar-refractivity contribution is 7.45. The number of carbonyl (C=O) groups is 2. The van der Waals surface area contributed by atoms with E-state index in [4.69, 9.17) is 13.8 Å². The molecule has 10 heteroatoms. The predicted molar refractivity (Wildman–Crippen MR) is 325 cm³/mol. The number of rotatable bonds is 55. The van der Waals surface area contributed by atoms with Crippen LogP contribution in [0.3, 0.4) is 0 Å². The molecule has 0 bridgehead atoms. The number of phosphoric acid groups is 1. The molecule has 0 aliphatic heterocycles. The van der Waals surface area contributed by atoms with Crippen molar-refractivity contribution < 1.29 is 37.3 Å². The monoisotopic (exact) mass is 1080 g/mol. The third-order valence-corrected chi connectivity index (χ3v) is 14.2. The van der Waals surface area contributed by atoms with Gasteiger partial charge in [0, 0.05) is 12.8 Å². The summed E-state index contributed by atoms with van der Waals surface area (Å²) in [7, 11) is 1.15. The zero-order valence-electron chi connectivity index (χ0n) is 49.9. The van der Waals surface area contributed by atoms with Crippen LogP contribution in [0.15, 0.2) is 97.2 Å². The number of allylic oxidation sites excluding steroid dienone is 15. The number of nitrogens with zero attached hydrogens (tertiary/aromatic N) is 1. The van der Waals surface area contributed by atoms with Gasteiger partial charge in [0.2, 0.25) is 5.91 Å². The Kier molecular flexibility index (Phi) is 53.0. The second-order valence-corrected chi connectivity index (χ2v) is 23.2. The number of phosphoric ester groups is 1. The maximum absolute atomic E-state index is 13.5. The third-order valence-electron chi connectivity index (χ3n) is 13.2. The first-order chi connectivity index (χ1) is 36.9. The Labute approximate surface area is 468 Å². The molecule has 0 aromatic carbocycles. The lowest BCUT2D eigenvalue weighted by molar-refractivity contribution is -0.870. The first-order valence-corrected chi connectivity index (χ1v) is 32.5. The van der Waals surface area contributed by atoms with Crippen molar-refractivity contribution in [1.29, 1.82) is 0 Å². The van der Waals surface area contributed by atoms with Crippen molar-refractivity contribution in [2.75, 3.05) is 40.9 Å². The van der Waals surface area contributed by atoms with E-state index in [1.807, 2.05) is 33.3 Å². The molecule has 0 heterocycles. The first kappa shape index (κ1) is 72.9. The van der Waals surface area contributed by atoms with Crippen LogP contribution in [0, 0.1) is 0 Å². The lowest BCUT2D eigenvalue weighted by Crippen LogP contribution is -2.47. The summed E-state index contributed by atoms with van der Waals surface area (Å²) in [5, 5.41) is 3.01. The van der Waals surface area contributed by atoms with E-state index in [1.54, 1.807) is 0 Å². The molecule has 0 aliphatic carbocycles. The molecule has 0 aromatic heterocycles. The number of ether oxygens (including phenoxy) is 1. The largest absolute Gasteiger partial charge is 0.756 e. The van der Waals surface area contributed by atoms with Crippen LogP contribution in [0.1, 0.15) is 258 Å². The number of unbranched alkanes of at least 4 members (excludes halogenated alkanes) is 25. The zero-order valence-corrected chi connectivity index (χ0v) is 50.8. The van der Waals surface area contributed by atoms with E-state index in [0.717, 1.165) is 116 Å². The summed E-state index contributed by atoms with van der Waals surface area (Å²) in [6, 6.07) is -0.909. The Morgan fingerprint density at radius 1 is 0.474 bits per heavy atom. The second kappa shape index (κ2) is 55.3. The SMILES string of the molecule is CC/C=C\C/C=C\C/C=C\C/C=C\C/C=C\C/C=C\CCCCCCC(=O)NC(COP(=O)([O-])OCC[N+](C)(C)C)C(/C=C\CCCCCCCCCCCC)OC(=O)CCCCCCCCC/C=C\CCCCCC. The minimum absolute atomic E-state index is 0.0326. The molecule has 0 fully saturated rings. The average Bonchev–Trinajstić information content (AvgIpc) is 3.38. The minimum atomic E-state index is -4.71. The Hall–Kier alpha value is -3.07. The van der Waals surface area contributed by atoms with E-state index in [9.17, 15) is 19.0 Å². The highest BCUT2D eigenvalue weighted by Crippen LogP contribution is 2.38. The summed E-state index contributed by atoms with van der Waals surface area (Å²) in [5.41, 5.74) is 0. The van der Waals surface area contributed by atoms with Gasteiger partial charge in [-0.25, -0.2) is 0 Å². The summed E-state index contributed by atoms with van der Waals surface area (Å²) >= 11 is 0. The number of quaternary nitrogens is 1. The zero-order chi connectivity index (χ0) is 55.7. The minimum Gasteiger partial charge on any atom is -0.756 e. The van der Waals surface area contributed by atoms with Crippen molar-refractivity contribution >= 4 is 19.7 Å². The van der Waals surface area contributed by atoms with Crippen LogP contribution in [-0.4, -0.2) is 69.4 Å². The lowest BCUT2D eigenvalue weighted by atomic mass is 10.0. The van der Waals surface area contributed by atoms with Crippen LogP contribution in [0.5, 0.6) is 0 Å². The number of esters is 1. The molecule has 0 aromatic rings. The maximum atomic E-state index is 13.5. The maximum Gasteiger partial charge on any atom is 0.306 e. The molecule has 0 radical (unpaired) electrons. The molecule has 3 unspecified atom stereocenters. The predicted octanol–water partition coefficient (Wildman–Crippen LogP) is 18.5. The van der Waals surface area contributed by atoms with Gasteiger partial charge >= 0.3 is 5.97 Å². The molecule has 9 nitrogen and oxygen atoms in total. The molecule has 0 saturated carbocycles. The standard InChI is InChI=1S/C66H117N2O7P/c1-7-10-13-16-19-22-25-28-30-31-32-33-34-35-36-37-39-40-43-46-49-52-55-58-65(69)67-63(62-74-76(71,72)73-61-60-68(4,5)6)64(57-54-51-48-45-42-27-24-21-18-15-12-9-3)75-66(70)59-56-53-50-47-44-41-38-29-26-23-20-17-14-11-8-2/h10,13,19,22-23,26,28,30,32-33,35-36,39-40,54,57,63-64H,7-9,11-12,14-18,20-21,24-25,27,29,31,34,37-38,41-53,55-56,58-62H2,1-6H3,(H-,67,69,71,72)/b13-10-,22-19-,26-23-,30-28-,33-32-,36-35-,40-39-,57-54-. The average molecular weight is 1080 g/mol. The molecule has 1 amide bonds. The van der Waals surface area contributed by atoms with Crippen molar-refractivity contribution in [2.24, 2.45) is 0 Å². The van der Waals surface area contributed by atoms with Gasteiger partial charge in [0.05, 0.1) is 33.8 Å². The molecular formula is C66H117N2O7P. The van der Waals surface area contributed by atoms with Gasteiger partial charge < -0.3 is 28.5 Å². The van der Waals surface area contributed by atoms with Crippen LogP contribution >= 0.6 is 7.82 Å². The topological polar surface area (TPSA) is 114 Å². The highest BCUT2D eigenvalue weighted by Gasteiger charge is 2.27. The molecule has 438 valence electrons. The summed E-state index contributed by atoms with van der Waals surface area (Å²) in [6.07, 6.45) is 73.7. The van der Waals surface area contributed by atoms with E-state index in [-0.39, 0.29) is 31.3 Å². The Balaban J connectivity index is 5.30. The van der Waals surface area contributed by atoms with Gasteiger partial charge in [0.1, 0.15) is 19.3 Å². The molecule has 0 rings (SSSR count). The van der Waals surface area contributed by atoms with Crippen LogP contribution in [0.2, 0.25) is 0 Å². The van der Waals surface area contributed by atoms with E-state index in [1.165, 1.54) is 103 Å². The van der Waals surface area contributed by atoms with Gasteiger partial charge in [0.15, 0.2) is 0 Å². The molecule has 0 aliphatic rings. The van der Waals surface area contributed by atoms with Crippen molar-refractivity contribution in [2.45, 2.75) is 270 Å². The lowest BCUT2D eigenvalue weighted by Gasteiger charge is -2.30. The van der Waals surface area contributed by atoms with Crippen molar-refractivity contribution in [1.82, 2.24) is 5.32 Å². The van der Waals surface area contributed by atoms with Crippen molar-refractivity contribution in [3.05, 3.63) is 97.2 Å². The Bertz CT molecular complexity index is 1620. The Morgan fingerprint density at radius 2 is 0.842 bits per heavy atom. The smallest absolute Gasteiger partial charge is 0.306 e. The number of nitrogens with one attached hydrogen (secondary N) is 1. The number of likely N-dealkylation sites (N-methyl/N-ethyl adjacent to an activating group) is 1. The third kappa shape index (κ3) is 55.7. The highest BCUT2D eigenvalue weighted by atomic mass is 31.2. The quantitative estimate of drug-likeness (QED) is 0.0212. The fourth-order valence-electron chi connectivity index (χ4n) is 8.46. The summed E-state index contributed by atoms with van der Waals surface area (Å²) < 4.78 is 30.3. The van der Waals surface area contributed by atoms with E-state index >= 15 is 0 Å². The molecule has 0 saturated heterocycles. The van der Waals surface area contributed by atoms with Gasteiger partial charge in [-0.15, -0.1) is 0 Å². The van der Waals surface area contributed by atoms with E-state index in [2.05, 4.69) is 111 Å². The fourth-order valence-corrected chi connectivity index (χ4v) is 9.18. The molecule has 1 N–H and O–H groups in total. The molecule has 76 heavy (non-hydrogen) atoms. The summed E-state index contributed by atoms with van der Waals surface area (Å²) in [6.45, 7) is 6.69. The van der Waals surface area contributed by atoms with Gasteiger partial charge in [-0.1, -0.05) is 234 Å². The van der Waals surface area contributed by atoms with Gasteiger partial charge in [0.25, 0.3) is 7.82 Å². The molecular weight excluding hydrogens is 964 g/mol. The van der Waals surface area contributed by atoms with Crippen LogP contribution in [0.4, 0.5) is 0 Å². The summed E-state index contributed by atoms with van der Waals surface area (Å²) in [4.78, 5) is 40.0. The first-order valence-electron chi connectivity index (χ1n) is 31.0. The van der Waals surface area contributed by atoms with Crippen LogP contribution < -0.4 is 10.2 Å². The number of hydrogen-bond acceptors (Lipinski definition) is 7. The van der Waals surface area contributed by atoms with E-state index < -0.39 is 26.6 Å². The Morgan fingerprint density at radius 3 is 1.29 bits per heavy atom. The van der Waals surface area contributed by atoms with Gasteiger partial charge in [-0.05, 0) is 109 Å². The van der Waals surface area contributed by atoms with Crippen LogP contribution in [-0.2, 0) is 27.9 Å². The summed E-state index contributed by atoms with van der Waals surface area (Å²) in [5.74, 6) is -0.578. The van der Waals surface area contributed by atoms with Crippen molar-refractivity contribution in [3.63, 3.8) is 0 Å². The van der Waals surface area contributed by atoms with Crippen LogP contribution in [0.25, 0.3) is 0 Å². The molecule has 0 spiro atoms. The normalized spacial score (nSPS) is 14.4. The number of hydrogen-bond donors (Lipinski definition) is 1. The number of carbonyl (C=O) groups excluding carboxylic acids is 2. The number of amides is 1. The van der Waals surface area contributed by atoms with Gasteiger partial charge in [-0.2, -0.15) is 0 Å². The van der Waals surface area contributed by atoms with Gasteiger partial charge in [-0.3, -0.25) is 14.2 Å². The second-order valence-electron chi connectivity index (χ2n) is 21.8.